The molecule has 0 saturated heterocycles. The normalized spacial score (nSPS) is 9.43. The van der Waals surface area contributed by atoms with E-state index in [4.69, 9.17) is 4.74 Å². The van der Waals surface area contributed by atoms with Crippen molar-refractivity contribution in [1.29, 1.82) is 0 Å². The Hall–Kier alpha value is -1.16. The van der Waals surface area contributed by atoms with E-state index in [1.54, 1.807) is 24.6 Å². The van der Waals surface area contributed by atoms with E-state index < -0.39 is 0 Å². The molecular weight excluding hydrogens is 196 g/mol. The van der Waals surface area contributed by atoms with Crippen LogP contribution < -0.4 is 4.74 Å². The first-order valence-corrected chi connectivity index (χ1v) is 5.38. The first-order chi connectivity index (χ1) is 6.79. The van der Waals surface area contributed by atoms with Crippen molar-refractivity contribution in [3.63, 3.8) is 0 Å². The molecule has 0 unspecified atom stereocenters. The summed E-state index contributed by atoms with van der Waals surface area (Å²) in [5, 5.41) is 1.06. The van der Waals surface area contributed by atoms with Gasteiger partial charge in [-0.25, -0.2) is 9.97 Å². The second kappa shape index (κ2) is 4.91. The van der Waals surface area contributed by atoms with E-state index in [9.17, 15) is 0 Å². The van der Waals surface area contributed by atoms with Crippen molar-refractivity contribution < 1.29 is 4.74 Å². The van der Waals surface area contributed by atoms with Crippen molar-refractivity contribution >= 4 is 21.6 Å². The fourth-order valence-electron chi connectivity index (χ4n) is 1.04. The average molecular weight is 210 g/mol. The van der Waals surface area contributed by atoms with E-state index in [-0.39, 0.29) is 0 Å². The lowest BCUT2D eigenvalue weighted by molar-refractivity contribution is 0.399. The van der Waals surface area contributed by atoms with Crippen LogP contribution >= 0.6 is 11.3 Å². The fraction of sp³-hybridized carbons (Fsp3) is 0.400. The molecule has 0 N–H and O–H groups in total. The molecule has 0 atom stereocenters. The first kappa shape index (κ1) is 10.9. The van der Waals surface area contributed by atoms with Gasteiger partial charge in [0.25, 0.3) is 0 Å². The minimum absolute atomic E-state index is 0.645. The lowest BCUT2D eigenvalue weighted by Crippen LogP contribution is -1.85. The number of nitrogens with zero attached hydrogens (tertiary/aromatic N) is 2. The molecule has 0 spiro atoms. The number of pyridine rings is 1. The number of aromatic nitrogens is 2. The highest BCUT2D eigenvalue weighted by Gasteiger charge is 2.01. The predicted molar refractivity (Wildman–Crippen MR) is 60.1 cm³/mol. The van der Waals surface area contributed by atoms with Gasteiger partial charge < -0.3 is 4.74 Å². The monoisotopic (exact) mass is 210 g/mol. The summed E-state index contributed by atoms with van der Waals surface area (Å²) in [5.41, 5.74) is 0.943. The molecule has 2 rings (SSSR count). The Morgan fingerprint density at radius 3 is 2.71 bits per heavy atom. The molecule has 4 heteroatoms. The van der Waals surface area contributed by atoms with Crippen LogP contribution in [0.3, 0.4) is 0 Å². The molecule has 0 aliphatic heterocycles. The van der Waals surface area contributed by atoms with Gasteiger partial charge in [0.2, 0.25) is 5.88 Å². The molecule has 0 fully saturated rings. The molecule has 0 bridgehead atoms. The number of fused-ring (bicyclic) bond motifs is 1. The zero-order valence-corrected chi connectivity index (χ0v) is 9.68. The Kier molecular flexibility index (Phi) is 3.83. The van der Waals surface area contributed by atoms with Gasteiger partial charge in [0.15, 0.2) is 0 Å². The smallest absolute Gasteiger partial charge is 0.214 e. The third-order valence-corrected chi connectivity index (χ3v) is 2.50. The van der Waals surface area contributed by atoms with Gasteiger partial charge in [-0.15, -0.1) is 11.3 Å². The van der Waals surface area contributed by atoms with Crippen LogP contribution in [-0.4, -0.2) is 17.1 Å². The third kappa shape index (κ3) is 2.20. The average Bonchev–Trinajstić information content (AvgIpc) is 2.59. The van der Waals surface area contributed by atoms with Gasteiger partial charge in [-0.1, -0.05) is 13.8 Å². The van der Waals surface area contributed by atoms with Gasteiger partial charge in [-0.3, -0.25) is 0 Å². The maximum absolute atomic E-state index is 5.00. The van der Waals surface area contributed by atoms with E-state index in [0.717, 1.165) is 15.2 Å². The largest absolute Gasteiger partial charge is 0.481 e. The Labute approximate surface area is 87.8 Å². The summed E-state index contributed by atoms with van der Waals surface area (Å²) < 4.78 is 6.12. The molecule has 2 aromatic heterocycles. The molecule has 0 aromatic carbocycles. The Bertz CT molecular complexity index is 411. The Morgan fingerprint density at radius 1 is 1.36 bits per heavy atom. The fourth-order valence-corrected chi connectivity index (χ4v) is 1.87. The minimum Gasteiger partial charge on any atom is -0.481 e. The first-order valence-electron chi connectivity index (χ1n) is 4.57. The van der Waals surface area contributed by atoms with Crippen LogP contribution in [0.15, 0.2) is 12.3 Å². The second-order valence-electron chi connectivity index (χ2n) is 2.43. The molecule has 76 valence electrons. The molecule has 0 aliphatic rings. The number of ether oxygens (including phenoxy) is 1. The number of methoxy groups -OCH3 is 1. The summed E-state index contributed by atoms with van der Waals surface area (Å²) in [6.07, 6.45) is 1.73. The summed E-state index contributed by atoms with van der Waals surface area (Å²) in [6, 6.07) is 1.90. The second-order valence-corrected chi connectivity index (χ2v) is 3.66. The standard InChI is InChI=1S/C8H8N2OS.C2H6/c1-5-10-6-4-9-8(11-2)3-7(6)12-5;1-2/h3-4H,1-2H3;1-2H3. The van der Waals surface area contributed by atoms with E-state index in [1.807, 2.05) is 26.8 Å². The van der Waals surface area contributed by atoms with Crippen LogP contribution in [0, 0.1) is 6.92 Å². The van der Waals surface area contributed by atoms with Gasteiger partial charge in [0.05, 0.1) is 23.0 Å². The highest BCUT2D eigenvalue weighted by Crippen LogP contribution is 2.23. The van der Waals surface area contributed by atoms with Gasteiger partial charge in [-0.2, -0.15) is 0 Å². The van der Waals surface area contributed by atoms with Crippen LogP contribution in [0.4, 0.5) is 0 Å². The van der Waals surface area contributed by atoms with Crippen LogP contribution in [-0.2, 0) is 0 Å². The highest BCUT2D eigenvalue weighted by atomic mass is 32.1. The lowest BCUT2D eigenvalue weighted by Gasteiger charge is -1.95. The zero-order chi connectivity index (χ0) is 10.6. The SMILES string of the molecule is CC.COc1cc2sc(C)nc2cn1. The van der Waals surface area contributed by atoms with E-state index in [2.05, 4.69) is 9.97 Å². The molecule has 0 aliphatic carbocycles. The summed E-state index contributed by atoms with van der Waals surface area (Å²) in [7, 11) is 1.61. The van der Waals surface area contributed by atoms with Crippen molar-refractivity contribution in [2.45, 2.75) is 20.8 Å². The van der Waals surface area contributed by atoms with E-state index >= 15 is 0 Å². The maximum atomic E-state index is 5.00. The molecule has 2 aromatic rings. The quantitative estimate of drug-likeness (QED) is 0.725. The molecule has 3 nitrogen and oxygen atoms in total. The minimum atomic E-state index is 0.645. The summed E-state index contributed by atoms with van der Waals surface area (Å²) in [4.78, 5) is 8.35. The number of aryl methyl sites for hydroxylation is 1. The van der Waals surface area contributed by atoms with E-state index in [1.165, 1.54) is 0 Å². The van der Waals surface area contributed by atoms with Crippen molar-refractivity contribution in [2.24, 2.45) is 0 Å². The van der Waals surface area contributed by atoms with Gasteiger partial charge in [-0.05, 0) is 6.92 Å². The maximum Gasteiger partial charge on any atom is 0.214 e. The van der Waals surface area contributed by atoms with Crippen molar-refractivity contribution in [3.05, 3.63) is 17.3 Å². The zero-order valence-electron chi connectivity index (χ0n) is 8.87. The number of hydrogen-bond acceptors (Lipinski definition) is 4. The molecule has 0 radical (unpaired) electrons. The third-order valence-electron chi connectivity index (χ3n) is 1.57. The van der Waals surface area contributed by atoms with Crippen LogP contribution in [0.5, 0.6) is 5.88 Å². The summed E-state index contributed by atoms with van der Waals surface area (Å²) in [6.45, 7) is 5.98. The topological polar surface area (TPSA) is 35.0 Å². The Balaban J connectivity index is 0.000000461. The molecule has 2 heterocycles. The van der Waals surface area contributed by atoms with Gasteiger partial charge in [0, 0.05) is 6.07 Å². The Morgan fingerprint density at radius 2 is 2.07 bits per heavy atom. The van der Waals surface area contributed by atoms with Crippen molar-refractivity contribution in [2.75, 3.05) is 7.11 Å². The number of rotatable bonds is 1. The molecule has 0 saturated carbocycles. The summed E-state index contributed by atoms with van der Waals surface area (Å²) in [5.74, 6) is 0.645. The number of hydrogen-bond donors (Lipinski definition) is 0. The van der Waals surface area contributed by atoms with Gasteiger partial charge >= 0.3 is 0 Å². The predicted octanol–water partition coefficient (Wildman–Crippen LogP) is 3.03. The van der Waals surface area contributed by atoms with Gasteiger partial charge in [0.1, 0.15) is 5.52 Å². The van der Waals surface area contributed by atoms with Crippen LogP contribution in [0.25, 0.3) is 10.2 Å². The molecule has 0 amide bonds. The molecule has 14 heavy (non-hydrogen) atoms. The molecular formula is C10H14N2OS. The van der Waals surface area contributed by atoms with Crippen LogP contribution in [0.2, 0.25) is 0 Å². The van der Waals surface area contributed by atoms with Crippen molar-refractivity contribution in [1.82, 2.24) is 9.97 Å². The number of thiazole rings is 1. The highest BCUT2D eigenvalue weighted by molar-refractivity contribution is 7.18. The summed E-state index contributed by atoms with van der Waals surface area (Å²) >= 11 is 1.65. The van der Waals surface area contributed by atoms with Crippen molar-refractivity contribution in [3.8, 4) is 5.88 Å². The van der Waals surface area contributed by atoms with Crippen LogP contribution in [0.1, 0.15) is 18.9 Å². The van der Waals surface area contributed by atoms with E-state index in [0.29, 0.717) is 5.88 Å². The lowest BCUT2D eigenvalue weighted by atomic mass is 10.4.